The molecule has 8 heteroatoms. The van der Waals surface area contributed by atoms with Gasteiger partial charge in [0.15, 0.2) is 6.61 Å². The number of hydrogen-bond donors (Lipinski definition) is 0. The van der Waals surface area contributed by atoms with E-state index >= 15 is 0 Å². The monoisotopic (exact) mass is 291 g/mol. The quantitative estimate of drug-likeness (QED) is 0.726. The van der Waals surface area contributed by atoms with Crippen molar-refractivity contribution in [3.05, 3.63) is 0 Å². The number of amides is 1. The number of halogens is 5. The Hall–Kier alpha value is -1.08. The SMILES string of the molecule is CC.CCC1CN(C(=O)OCC(F)(F)F)CC1(F)F. The molecule has 0 bridgehead atoms. The fraction of sp³-hybridized carbons (Fsp3) is 0.909. The summed E-state index contributed by atoms with van der Waals surface area (Å²) in [6.45, 7) is 2.61. The Balaban J connectivity index is 0.00000154. The van der Waals surface area contributed by atoms with E-state index in [1.807, 2.05) is 13.8 Å². The van der Waals surface area contributed by atoms with Crippen LogP contribution < -0.4 is 0 Å². The zero-order valence-electron chi connectivity index (χ0n) is 11.1. The minimum atomic E-state index is -4.65. The molecule has 0 aromatic carbocycles. The molecule has 1 amide bonds. The smallest absolute Gasteiger partial charge is 0.422 e. The highest BCUT2D eigenvalue weighted by molar-refractivity contribution is 5.68. The second-order valence-electron chi connectivity index (χ2n) is 3.92. The molecule has 114 valence electrons. The van der Waals surface area contributed by atoms with Crippen LogP contribution in [0.4, 0.5) is 26.7 Å². The number of ether oxygens (including phenoxy) is 1. The summed E-state index contributed by atoms with van der Waals surface area (Å²) in [5.41, 5.74) is 0. The number of nitrogens with zero attached hydrogens (tertiary/aromatic N) is 1. The average Bonchev–Trinajstić information content (AvgIpc) is 2.63. The number of rotatable bonds is 2. The third kappa shape index (κ3) is 5.61. The lowest BCUT2D eigenvalue weighted by molar-refractivity contribution is -0.162. The largest absolute Gasteiger partial charge is 0.440 e. The van der Waals surface area contributed by atoms with Crippen molar-refractivity contribution in [3.63, 3.8) is 0 Å². The molecule has 0 aliphatic carbocycles. The van der Waals surface area contributed by atoms with Crippen molar-refractivity contribution < 1.29 is 31.5 Å². The molecule has 19 heavy (non-hydrogen) atoms. The van der Waals surface area contributed by atoms with Crippen LogP contribution in [0.25, 0.3) is 0 Å². The molecular weight excluding hydrogens is 273 g/mol. The topological polar surface area (TPSA) is 29.5 Å². The van der Waals surface area contributed by atoms with Gasteiger partial charge in [-0.15, -0.1) is 0 Å². The van der Waals surface area contributed by atoms with E-state index in [2.05, 4.69) is 4.74 Å². The van der Waals surface area contributed by atoms with E-state index in [-0.39, 0.29) is 13.0 Å². The van der Waals surface area contributed by atoms with Gasteiger partial charge in [0.1, 0.15) is 0 Å². The van der Waals surface area contributed by atoms with Crippen LogP contribution in [0.1, 0.15) is 27.2 Å². The molecule has 0 aromatic rings. The predicted molar refractivity (Wildman–Crippen MR) is 59.1 cm³/mol. The van der Waals surface area contributed by atoms with Crippen LogP contribution in [0.2, 0.25) is 0 Å². The van der Waals surface area contributed by atoms with Crippen LogP contribution in [0.3, 0.4) is 0 Å². The zero-order chi connectivity index (χ0) is 15.3. The summed E-state index contributed by atoms with van der Waals surface area (Å²) in [6, 6.07) is 0. The number of carbonyl (C=O) groups is 1. The lowest BCUT2D eigenvalue weighted by atomic mass is 10.0. The Labute approximate surface area is 108 Å². The first kappa shape index (κ1) is 17.9. The molecule has 0 aromatic heterocycles. The van der Waals surface area contributed by atoms with Crippen LogP contribution in [0, 0.1) is 5.92 Å². The fourth-order valence-corrected chi connectivity index (χ4v) is 1.65. The van der Waals surface area contributed by atoms with Crippen molar-refractivity contribution in [1.82, 2.24) is 4.90 Å². The third-order valence-corrected chi connectivity index (χ3v) is 2.55. The molecule has 0 N–H and O–H groups in total. The molecule has 1 saturated heterocycles. The predicted octanol–water partition coefficient (Wildman–Crippen LogP) is 3.69. The Morgan fingerprint density at radius 3 is 2.26 bits per heavy atom. The lowest BCUT2D eigenvalue weighted by Crippen LogP contribution is -2.34. The van der Waals surface area contributed by atoms with E-state index in [0.29, 0.717) is 4.90 Å². The Morgan fingerprint density at radius 2 is 1.89 bits per heavy atom. The zero-order valence-corrected chi connectivity index (χ0v) is 11.1. The molecule has 0 saturated carbocycles. The van der Waals surface area contributed by atoms with Crippen LogP contribution >= 0.6 is 0 Å². The maximum Gasteiger partial charge on any atom is 0.422 e. The Bertz CT molecular complexity index is 293. The molecule has 0 spiro atoms. The summed E-state index contributed by atoms with van der Waals surface area (Å²) in [6.07, 6.45) is -5.85. The first-order valence-corrected chi connectivity index (χ1v) is 6.02. The number of likely N-dealkylation sites (tertiary alicyclic amines) is 1. The van der Waals surface area contributed by atoms with E-state index < -0.39 is 37.3 Å². The highest BCUT2D eigenvalue weighted by Gasteiger charge is 2.49. The molecule has 1 unspecified atom stereocenters. The highest BCUT2D eigenvalue weighted by atomic mass is 19.4. The first-order chi connectivity index (χ1) is 8.65. The van der Waals surface area contributed by atoms with Gasteiger partial charge in [0.2, 0.25) is 0 Å². The van der Waals surface area contributed by atoms with Gasteiger partial charge in [-0.25, -0.2) is 13.6 Å². The molecule has 1 atom stereocenters. The second-order valence-corrected chi connectivity index (χ2v) is 3.92. The van der Waals surface area contributed by atoms with Gasteiger partial charge in [0, 0.05) is 12.5 Å². The van der Waals surface area contributed by atoms with Crippen molar-refractivity contribution in [2.75, 3.05) is 19.7 Å². The first-order valence-electron chi connectivity index (χ1n) is 6.02. The fourth-order valence-electron chi connectivity index (χ4n) is 1.65. The van der Waals surface area contributed by atoms with E-state index in [1.54, 1.807) is 0 Å². The van der Waals surface area contributed by atoms with Crippen molar-refractivity contribution >= 4 is 6.09 Å². The summed E-state index contributed by atoms with van der Waals surface area (Å²) in [4.78, 5) is 11.7. The van der Waals surface area contributed by atoms with Gasteiger partial charge in [-0.05, 0) is 6.42 Å². The maximum absolute atomic E-state index is 13.2. The average molecular weight is 291 g/mol. The van der Waals surface area contributed by atoms with Crippen LogP contribution in [-0.4, -0.2) is 42.8 Å². The van der Waals surface area contributed by atoms with Gasteiger partial charge in [-0.2, -0.15) is 13.2 Å². The maximum atomic E-state index is 13.2. The third-order valence-electron chi connectivity index (χ3n) is 2.55. The molecule has 1 rings (SSSR count). The minimum Gasteiger partial charge on any atom is -0.440 e. The van der Waals surface area contributed by atoms with Crippen molar-refractivity contribution in [2.24, 2.45) is 5.92 Å². The summed E-state index contributed by atoms with van der Waals surface area (Å²) in [7, 11) is 0. The summed E-state index contributed by atoms with van der Waals surface area (Å²) >= 11 is 0. The van der Waals surface area contributed by atoms with Gasteiger partial charge in [0.25, 0.3) is 5.92 Å². The van der Waals surface area contributed by atoms with Gasteiger partial charge < -0.3 is 9.64 Å². The molecule has 3 nitrogen and oxygen atoms in total. The van der Waals surface area contributed by atoms with Gasteiger partial charge in [-0.3, -0.25) is 0 Å². The Morgan fingerprint density at radius 1 is 1.37 bits per heavy atom. The van der Waals surface area contributed by atoms with Gasteiger partial charge >= 0.3 is 12.3 Å². The van der Waals surface area contributed by atoms with E-state index in [9.17, 15) is 26.7 Å². The lowest BCUT2D eigenvalue weighted by Gasteiger charge is -2.16. The molecule has 0 radical (unpaired) electrons. The molecule has 1 aliphatic heterocycles. The number of hydrogen-bond acceptors (Lipinski definition) is 2. The second kappa shape index (κ2) is 6.91. The summed E-state index contributed by atoms with van der Waals surface area (Å²) < 4.78 is 65.6. The van der Waals surface area contributed by atoms with Crippen LogP contribution in [-0.2, 0) is 4.74 Å². The van der Waals surface area contributed by atoms with Gasteiger partial charge in [-0.1, -0.05) is 20.8 Å². The Kier molecular flexibility index (Phi) is 6.51. The molecule has 1 fully saturated rings. The van der Waals surface area contributed by atoms with Crippen molar-refractivity contribution in [2.45, 2.75) is 39.3 Å². The van der Waals surface area contributed by atoms with E-state index in [0.717, 1.165) is 0 Å². The summed E-state index contributed by atoms with van der Waals surface area (Å²) in [5, 5.41) is 0. The van der Waals surface area contributed by atoms with E-state index in [1.165, 1.54) is 6.92 Å². The van der Waals surface area contributed by atoms with Crippen LogP contribution in [0.15, 0.2) is 0 Å². The number of carbonyl (C=O) groups excluding carboxylic acids is 1. The standard InChI is InChI=1S/C9H12F5NO2.C2H6/c1-2-6-3-15(4-8(6,10)11)7(16)17-5-9(12,13)14;1-2/h6H,2-5H2,1H3;1-2H3. The normalized spacial score (nSPS) is 21.7. The molecular formula is C11H18F5NO2. The molecule has 1 heterocycles. The number of alkyl halides is 5. The van der Waals surface area contributed by atoms with Crippen LogP contribution in [0.5, 0.6) is 0 Å². The van der Waals surface area contributed by atoms with Crippen molar-refractivity contribution in [3.8, 4) is 0 Å². The van der Waals surface area contributed by atoms with Gasteiger partial charge in [0.05, 0.1) is 6.54 Å². The highest BCUT2D eigenvalue weighted by Crippen LogP contribution is 2.35. The van der Waals surface area contributed by atoms with E-state index in [4.69, 9.17) is 0 Å². The van der Waals surface area contributed by atoms with Crippen molar-refractivity contribution in [1.29, 1.82) is 0 Å². The minimum absolute atomic E-state index is 0.149. The molecule has 1 aliphatic rings. The summed E-state index contributed by atoms with van der Waals surface area (Å²) in [5.74, 6) is -4.09.